The van der Waals surface area contributed by atoms with E-state index < -0.39 is 77.5 Å². The van der Waals surface area contributed by atoms with Gasteiger partial charge in [0.15, 0.2) is 18.1 Å². The second-order valence-corrected chi connectivity index (χ2v) is 10.3. The Kier molecular flexibility index (Phi) is 4.03. The van der Waals surface area contributed by atoms with Crippen LogP contribution in [0.5, 0.6) is 0 Å². The number of hydrogen-bond donors (Lipinski definition) is 2. The molecule has 0 unspecified atom stereocenters. The van der Waals surface area contributed by atoms with Crippen molar-refractivity contribution in [1.29, 1.82) is 0 Å². The van der Waals surface area contributed by atoms with Crippen LogP contribution in [0.3, 0.4) is 0 Å². The predicted molar refractivity (Wildman–Crippen MR) is 114 cm³/mol. The number of carbonyl (C=O) groups excluding carboxylic acids is 3. The van der Waals surface area contributed by atoms with Crippen LogP contribution in [0.25, 0.3) is 0 Å². The van der Waals surface area contributed by atoms with Crippen molar-refractivity contribution in [3.05, 3.63) is 23.8 Å². The van der Waals surface area contributed by atoms with Crippen LogP contribution in [-0.2, 0) is 19.1 Å². The lowest BCUT2D eigenvalue weighted by Crippen LogP contribution is -2.69. The number of esters is 1. The quantitative estimate of drug-likeness (QED) is 0.635. The average Bonchev–Trinajstić information content (AvgIpc) is 2.99. The minimum atomic E-state index is -3.35. The standard InChI is InChI=1S/C25H33FO6/c1-5-21(30)32-13-20(29)25(31)14(2)10-18-17-7-6-15-11-16(27)8-9-22(15,3)24(17,26)19(28)12-23(18,25)4/h8-9,11,14,17-19,28,31H,5-7,10,12-13H2,1-4H3/t14-,17+,18+,19+,22+,23+,24+,25+/m1/s1/i1D3,5D2. The number of carbonyl (C=O) groups is 3. The van der Waals surface area contributed by atoms with Crippen LogP contribution in [0.2, 0.25) is 0 Å². The number of alkyl halides is 1. The second-order valence-electron chi connectivity index (χ2n) is 10.3. The Morgan fingerprint density at radius 2 is 2.09 bits per heavy atom. The van der Waals surface area contributed by atoms with E-state index in [0.29, 0.717) is 18.4 Å². The summed E-state index contributed by atoms with van der Waals surface area (Å²) >= 11 is 0. The zero-order valence-corrected chi connectivity index (χ0v) is 18.5. The van der Waals surface area contributed by atoms with Gasteiger partial charge in [-0.05, 0) is 56.6 Å². The molecule has 7 heteroatoms. The van der Waals surface area contributed by atoms with Crippen molar-refractivity contribution in [3.8, 4) is 0 Å². The highest BCUT2D eigenvalue weighted by Crippen LogP contribution is 2.70. The van der Waals surface area contributed by atoms with Crippen molar-refractivity contribution in [2.24, 2.45) is 28.6 Å². The average molecular weight is 454 g/mol. The number of aliphatic hydroxyl groups is 2. The van der Waals surface area contributed by atoms with Crippen molar-refractivity contribution in [2.75, 3.05) is 6.61 Å². The van der Waals surface area contributed by atoms with Gasteiger partial charge in [0.1, 0.15) is 5.60 Å². The van der Waals surface area contributed by atoms with E-state index in [1.807, 2.05) is 0 Å². The minimum Gasteiger partial charge on any atom is -0.458 e. The van der Waals surface area contributed by atoms with Crippen LogP contribution in [0, 0.1) is 28.6 Å². The Morgan fingerprint density at radius 1 is 1.38 bits per heavy atom. The summed E-state index contributed by atoms with van der Waals surface area (Å²) in [5.74, 6) is -4.92. The van der Waals surface area contributed by atoms with Gasteiger partial charge in [0.05, 0.1) is 6.10 Å². The van der Waals surface area contributed by atoms with Gasteiger partial charge in [-0.25, -0.2) is 4.39 Å². The molecule has 0 amide bonds. The van der Waals surface area contributed by atoms with Crippen molar-refractivity contribution in [3.63, 3.8) is 0 Å². The maximum atomic E-state index is 17.2. The largest absolute Gasteiger partial charge is 0.458 e. The van der Waals surface area contributed by atoms with Crippen molar-refractivity contribution in [2.45, 2.75) is 77.1 Å². The Hall–Kier alpha value is -1.86. The molecule has 0 aromatic carbocycles. The van der Waals surface area contributed by atoms with Gasteiger partial charge < -0.3 is 14.9 Å². The highest BCUT2D eigenvalue weighted by atomic mass is 19.1. The number of ether oxygens (including phenoxy) is 1. The number of allylic oxidation sites excluding steroid dienone is 4. The second kappa shape index (κ2) is 7.32. The first-order valence-corrected chi connectivity index (χ1v) is 11.0. The molecule has 0 heterocycles. The summed E-state index contributed by atoms with van der Waals surface area (Å²) in [5, 5.41) is 23.2. The zero-order valence-electron chi connectivity index (χ0n) is 23.5. The Balaban J connectivity index is 1.64. The molecule has 0 radical (unpaired) electrons. The van der Waals surface area contributed by atoms with E-state index >= 15 is 4.39 Å². The Bertz CT molecular complexity index is 1100. The maximum absolute atomic E-state index is 17.2. The Morgan fingerprint density at radius 3 is 2.78 bits per heavy atom. The fourth-order valence-electron chi connectivity index (χ4n) is 7.42. The molecule has 0 bridgehead atoms. The summed E-state index contributed by atoms with van der Waals surface area (Å²) in [6.45, 7) is 0.510. The van der Waals surface area contributed by atoms with Crippen molar-refractivity contribution < 1.29 is 40.6 Å². The minimum absolute atomic E-state index is 0.239. The van der Waals surface area contributed by atoms with Crippen LogP contribution in [0.15, 0.2) is 23.8 Å². The molecule has 0 spiro atoms. The van der Waals surface area contributed by atoms with Crippen LogP contribution in [-0.4, -0.2) is 51.7 Å². The van der Waals surface area contributed by atoms with E-state index in [1.165, 1.54) is 18.2 Å². The smallest absolute Gasteiger partial charge is 0.305 e. The topological polar surface area (TPSA) is 101 Å². The predicted octanol–water partition coefficient (Wildman–Crippen LogP) is 2.86. The van der Waals surface area contributed by atoms with E-state index in [1.54, 1.807) is 20.8 Å². The number of ketones is 2. The molecule has 3 fully saturated rings. The first-order chi connectivity index (χ1) is 16.8. The summed E-state index contributed by atoms with van der Waals surface area (Å²) in [7, 11) is 0. The van der Waals surface area contributed by atoms with Gasteiger partial charge in [-0.3, -0.25) is 14.4 Å². The summed E-state index contributed by atoms with van der Waals surface area (Å²) in [6.07, 6.45) is 0.00896. The molecule has 4 rings (SSSR count). The van der Waals surface area contributed by atoms with E-state index in [9.17, 15) is 24.6 Å². The van der Waals surface area contributed by atoms with Crippen LogP contribution < -0.4 is 0 Å². The lowest BCUT2D eigenvalue weighted by atomic mass is 9.44. The zero-order chi connectivity index (χ0) is 28.0. The molecule has 0 aromatic heterocycles. The van der Waals surface area contributed by atoms with Crippen molar-refractivity contribution in [1.82, 2.24) is 0 Å². The van der Waals surface area contributed by atoms with E-state index in [0.717, 1.165) is 0 Å². The lowest BCUT2D eigenvalue weighted by Gasteiger charge is -2.62. The molecule has 4 aliphatic rings. The fraction of sp³-hybridized carbons (Fsp3) is 0.720. The molecular formula is C25H33FO6. The summed E-state index contributed by atoms with van der Waals surface area (Å²) in [4.78, 5) is 37.5. The first-order valence-electron chi connectivity index (χ1n) is 13.5. The van der Waals surface area contributed by atoms with Crippen molar-refractivity contribution >= 4 is 17.5 Å². The van der Waals surface area contributed by atoms with E-state index in [4.69, 9.17) is 11.6 Å². The van der Waals surface area contributed by atoms with Gasteiger partial charge >= 0.3 is 5.97 Å². The maximum Gasteiger partial charge on any atom is 0.305 e. The highest BCUT2D eigenvalue weighted by Gasteiger charge is 2.75. The van der Waals surface area contributed by atoms with Crippen LogP contribution in [0.1, 0.15) is 66.5 Å². The third-order valence-electron chi connectivity index (χ3n) is 9.08. The molecule has 0 saturated heterocycles. The fourth-order valence-corrected chi connectivity index (χ4v) is 7.42. The number of fused-ring (bicyclic) bond motifs is 5. The third kappa shape index (κ3) is 2.73. The highest BCUT2D eigenvalue weighted by molar-refractivity contribution is 6.01. The number of hydrogen-bond acceptors (Lipinski definition) is 6. The molecule has 6 nitrogen and oxygen atoms in total. The Labute approximate surface area is 194 Å². The van der Waals surface area contributed by atoms with Gasteiger partial charge in [-0.1, -0.05) is 32.3 Å². The monoisotopic (exact) mass is 453 g/mol. The first kappa shape index (κ1) is 17.6. The number of rotatable bonds is 4. The third-order valence-corrected chi connectivity index (χ3v) is 9.08. The molecule has 2 N–H and O–H groups in total. The lowest BCUT2D eigenvalue weighted by molar-refractivity contribution is -0.220. The molecule has 3 saturated carbocycles. The van der Waals surface area contributed by atoms with Crippen LogP contribution in [0.4, 0.5) is 4.39 Å². The van der Waals surface area contributed by atoms with Gasteiger partial charge in [0, 0.05) is 30.0 Å². The van der Waals surface area contributed by atoms with Gasteiger partial charge in [0.25, 0.3) is 0 Å². The van der Waals surface area contributed by atoms with E-state index in [-0.39, 0.29) is 18.6 Å². The summed E-state index contributed by atoms with van der Waals surface area (Å²) in [5.41, 5.74) is -6.20. The molecular weight excluding hydrogens is 415 g/mol. The van der Waals surface area contributed by atoms with Crippen LogP contribution >= 0.6 is 0 Å². The number of Topliss-reactive ketones (excluding diaryl/α,β-unsaturated/α-hetero) is 1. The SMILES string of the molecule is [2H]C([2H])([2H])C([2H])([2H])C(=O)OCC(=O)[C@@]1(O)[C@H](C)C[C@H]2[C@@H]3CCC4=CC(=O)C=C[C@]4(C)[C@@]3(F)[C@@H](O)C[C@@]21C. The molecule has 0 aliphatic heterocycles. The molecule has 32 heavy (non-hydrogen) atoms. The molecule has 4 aliphatic carbocycles. The normalized spacial score (nSPS) is 50.4. The van der Waals surface area contributed by atoms with Gasteiger partial charge in [-0.2, -0.15) is 0 Å². The van der Waals surface area contributed by atoms with Gasteiger partial charge in [-0.15, -0.1) is 0 Å². The molecule has 176 valence electrons. The molecule has 8 atom stereocenters. The number of halogens is 1. The summed E-state index contributed by atoms with van der Waals surface area (Å²) < 4.78 is 58.5. The van der Waals surface area contributed by atoms with Gasteiger partial charge in [0.2, 0.25) is 5.78 Å². The molecule has 0 aromatic rings. The summed E-state index contributed by atoms with van der Waals surface area (Å²) in [6, 6.07) is 0. The number of aliphatic hydroxyl groups excluding tert-OH is 1. The van der Waals surface area contributed by atoms with E-state index in [2.05, 4.69) is 0 Å².